The van der Waals surface area contributed by atoms with Crippen molar-refractivity contribution in [2.75, 3.05) is 12.4 Å². The van der Waals surface area contributed by atoms with Gasteiger partial charge in [-0.1, -0.05) is 24.6 Å². The quantitative estimate of drug-likeness (QED) is 0.598. The Labute approximate surface area is 99.0 Å². The van der Waals surface area contributed by atoms with Gasteiger partial charge in [0.05, 0.1) is 17.2 Å². The van der Waals surface area contributed by atoms with Crippen LogP contribution in [0.2, 0.25) is 5.02 Å². The summed E-state index contributed by atoms with van der Waals surface area (Å²) in [6, 6.07) is 5.42. The van der Waals surface area contributed by atoms with Crippen LogP contribution in [-0.2, 0) is 4.74 Å². The SMILES string of the molecule is CCOC(=O)c1c(Cl)cccc1SCC. The molecule has 0 aromatic heterocycles. The Morgan fingerprint density at radius 1 is 1.47 bits per heavy atom. The summed E-state index contributed by atoms with van der Waals surface area (Å²) in [7, 11) is 0. The van der Waals surface area contributed by atoms with Crippen molar-refractivity contribution < 1.29 is 9.53 Å². The lowest BCUT2D eigenvalue weighted by Gasteiger charge is -2.08. The Hall–Kier alpha value is -0.670. The standard InChI is InChI=1S/C11H13ClO2S/c1-3-14-11(13)10-8(12)6-5-7-9(10)15-4-2/h5-7H,3-4H2,1-2H3. The Bertz CT molecular complexity index is 352. The molecule has 0 saturated carbocycles. The minimum Gasteiger partial charge on any atom is -0.462 e. The summed E-state index contributed by atoms with van der Waals surface area (Å²) in [5.41, 5.74) is 0.480. The van der Waals surface area contributed by atoms with Crippen molar-refractivity contribution in [2.24, 2.45) is 0 Å². The topological polar surface area (TPSA) is 26.3 Å². The van der Waals surface area contributed by atoms with Gasteiger partial charge < -0.3 is 4.74 Å². The first-order chi connectivity index (χ1) is 7.20. The van der Waals surface area contributed by atoms with Gasteiger partial charge in [-0.15, -0.1) is 11.8 Å². The zero-order valence-corrected chi connectivity index (χ0v) is 10.3. The Morgan fingerprint density at radius 2 is 2.20 bits per heavy atom. The predicted octanol–water partition coefficient (Wildman–Crippen LogP) is 3.63. The minimum absolute atomic E-state index is 0.348. The maximum absolute atomic E-state index is 11.6. The van der Waals surface area contributed by atoms with Crippen LogP contribution in [0.5, 0.6) is 0 Å². The first-order valence-corrected chi connectivity index (χ1v) is 6.15. The zero-order valence-electron chi connectivity index (χ0n) is 8.75. The number of halogens is 1. The van der Waals surface area contributed by atoms with E-state index in [9.17, 15) is 4.79 Å². The molecule has 0 amide bonds. The fourth-order valence-electron chi connectivity index (χ4n) is 1.18. The average molecular weight is 245 g/mol. The van der Waals surface area contributed by atoms with Crippen molar-refractivity contribution in [3.05, 3.63) is 28.8 Å². The molecule has 0 aliphatic carbocycles. The van der Waals surface area contributed by atoms with Crippen LogP contribution in [0.25, 0.3) is 0 Å². The molecule has 0 bridgehead atoms. The van der Waals surface area contributed by atoms with Crippen molar-refractivity contribution in [1.82, 2.24) is 0 Å². The number of esters is 1. The van der Waals surface area contributed by atoms with Gasteiger partial charge in [0.25, 0.3) is 0 Å². The maximum Gasteiger partial charge on any atom is 0.340 e. The van der Waals surface area contributed by atoms with E-state index in [2.05, 4.69) is 0 Å². The van der Waals surface area contributed by atoms with Gasteiger partial charge in [-0.25, -0.2) is 4.79 Å². The van der Waals surface area contributed by atoms with Crippen LogP contribution in [0.15, 0.2) is 23.1 Å². The number of benzene rings is 1. The summed E-state index contributed by atoms with van der Waals surface area (Å²) in [6.07, 6.45) is 0. The molecule has 0 aliphatic heterocycles. The maximum atomic E-state index is 11.6. The fraction of sp³-hybridized carbons (Fsp3) is 0.364. The molecule has 2 nitrogen and oxygen atoms in total. The van der Waals surface area contributed by atoms with Crippen molar-refractivity contribution in [3.8, 4) is 0 Å². The largest absolute Gasteiger partial charge is 0.462 e. The molecule has 1 aromatic rings. The molecule has 0 aliphatic rings. The highest BCUT2D eigenvalue weighted by Crippen LogP contribution is 2.28. The van der Waals surface area contributed by atoms with Crippen molar-refractivity contribution in [3.63, 3.8) is 0 Å². The number of thioether (sulfide) groups is 1. The first-order valence-electron chi connectivity index (χ1n) is 4.79. The molecule has 0 spiro atoms. The van der Waals surface area contributed by atoms with Crippen LogP contribution in [0.3, 0.4) is 0 Å². The van der Waals surface area contributed by atoms with Crippen LogP contribution in [-0.4, -0.2) is 18.3 Å². The van der Waals surface area contributed by atoms with Gasteiger partial charge in [0.15, 0.2) is 0 Å². The van der Waals surface area contributed by atoms with E-state index in [1.165, 1.54) is 0 Å². The van der Waals surface area contributed by atoms with Gasteiger partial charge in [-0.05, 0) is 24.8 Å². The normalized spacial score (nSPS) is 10.1. The van der Waals surface area contributed by atoms with E-state index in [0.29, 0.717) is 17.2 Å². The molecule has 1 aromatic carbocycles. The number of hydrogen-bond acceptors (Lipinski definition) is 3. The first kappa shape index (κ1) is 12.4. The summed E-state index contributed by atoms with van der Waals surface area (Å²) < 4.78 is 4.96. The molecule has 0 fully saturated rings. The van der Waals surface area contributed by atoms with E-state index in [4.69, 9.17) is 16.3 Å². The summed E-state index contributed by atoms with van der Waals surface area (Å²) in [5.74, 6) is 0.547. The van der Waals surface area contributed by atoms with Gasteiger partial charge >= 0.3 is 5.97 Å². The van der Waals surface area contributed by atoms with Crippen LogP contribution >= 0.6 is 23.4 Å². The lowest BCUT2D eigenvalue weighted by atomic mass is 10.2. The molecule has 1 rings (SSSR count). The van der Waals surface area contributed by atoms with Gasteiger partial charge in [0.1, 0.15) is 0 Å². The highest BCUT2D eigenvalue weighted by atomic mass is 35.5. The monoisotopic (exact) mass is 244 g/mol. The molecule has 4 heteroatoms. The van der Waals surface area contributed by atoms with E-state index in [1.54, 1.807) is 24.8 Å². The Kier molecular flexibility index (Phi) is 4.99. The van der Waals surface area contributed by atoms with E-state index in [-0.39, 0.29) is 5.97 Å². The molecule has 0 radical (unpaired) electrons. The highest BCUT2D eigenvalue weighted by Gasteiger charge is 2.16. The Balaban J connectivity index is 3.06. The van der Waals surface area contributed by atoms with E-state index < -0.39 is 0 Å². The second-order valence-electron chi connectivity index (χ2n) is 2.77. The van der Waals surface area contributed by atoms with Crippen LogP contribution in [0, 0.1) is 0 Å². The summed E-state index contributed by atoms with van der Waals surface area (Å²) in [5, 5.41) is 0.451. The highest BCUT2D eigenvalue weighted by molar-refractivity contribution is 7.99. The third-order valence-corrected chi connectivity index (χ3v) is 3.01. The fourth-order valence-corrected chi connectivity index (χ4v) is 2.31. The van der Waals surface area contributed by atoms with Crippen LogP contribution in [0.1, 0.15) is 24.2 Å². The van der Waals surface area contributed by atoms with Crippen molar-refractivity contribution in [1.29, 1.82) is 0 Å². The van der Waals surface area contributed by atoms with Gasteiger partial charge in [-0.3, -0.25) is 0 Å². The second kappa shape index (κ2) is 6.03. The van der Waals surface area contributed by atoms with E-state index in [1.807, 2.05) is 19.1 Å². The third kappa shape index (κ3) is 3.14. The molecular weight excluding hydrogens is 232 g/mol. The van der Waals surface area contributed by atoms with Crippen LogP contribution < -0.4 is 0 Å². The number of carbonyl (C=O) groups is 1. The lowest BCUT2D eigenvalue weighted by Crippen LogP contribution is -2.07. The number of rotatable bonds is 4. The smallest absolute Gasteiger partial charge is 0.340 e. The van der Waals surface area contributed by atoms with E-state index in [0.717, 1.165) is 10.6 Å². The third-order valence-electron chi connectivity index (χ3n) is 1.75. The molecule has 0 atom stereocenters. The molecule has 15 heavy (non-hydrogen) atoms. The summed E-state index contributed by atoms with van der Waals surface area (Å²) in [4.78, 5) is 12.5. The number of ether oxygens (including phenoxy) is 1. The number of hydrogen-bond donors (Lipinski definition) is 0. The molecular formula is C11H13ClO2S. The van der Waals surface area contributed by atoms with Crippen molar-refractivity contribution in [2.45, 2.75) is 18.7 Å². The molecule has 0 heterocycles. The van der Waals surface area contributed by atoms with Crippen LogP contribution in [0.4, 0.5) is 0 Å². The van der Waals surface area contributed by atoms with Crippen molar-refractivity contribution >= 4 is 29.3 Å². The molecule has 82 valence electrons. The predicted molar refractivity (Wildman–Crippen MR) is 63.8 cm³/mol. The van der Waals surface area contributed by atoms with Gasteiger partial charge in [0, 0.05) is 4.90 Å². The number of carbonyl (C=O) groups excluding carboxylic acids is 1. The summed E-state index contributed by atoms with van der Waals surface area (Å²) >= 11 is 7.57. The average Bonchev–Trinajstić information content (AvgIpc) is 2.18. The molecule has 0 unspecified atom stereocenters. The van der Waals surface area contributed by atoms with E-state index >= 15 is 0 Å². The molecule has 0 saturated heterocycles. The van der Waals surface area contributed by atoms with Gasteiger partial charge in [0.2, 0.25) is 0 Å². The lowest BCUT2D eigenvalue weighted by molar-refractivity contribution is 0.0522. The zero-order chi connectivity index (χ0) is 11.3. The summed E-state index contributed by atoms with van der Waals surface area (Å²) in [6.45, 7) is 4.17. The van der Waals surface area contributed by atoms with Gasteiger partial charge in [-0.2, -0.15) is 0 Å². The second-order valence-corrected chi connectivity index (χ2v) is 4.48. The Morgan fingerprint density at radius 3 is 2.80 bits per heavy atom. The molecule has 0 N–H and O–H groups in total. The minimum atomic E-state index is -0.348.